The first-order valence-corrected chi connectivity index (χ1v) is 6.79. The van der Waals surface area contributed by atoms with Crippen molar-refractivity contribution in [2.75, 3.05) is 13.1 Å². The van der Waals surface area contributed by atoms with Crippen molar-refractivity contribution in [1.29, 1.82) is 0 Å². The summed E-state index contributed by atoms with van der Waals surface area (Å²) < 4.78 is 0. The predicted octanol–water partition coefficient (Wildman–Crippen LogP) is 1.25. The number of nitrogens with one attached hydrogen (secondary N) is 3. The lowest BCUT2D eigenvalue weighted by Gasteiger charge is -2.34. The molecule has 5 heteroatoms. The van der Waals surface area contributed by atoms with Crippen LogP contribution in [0.5, 0.6) is 0 Å². The predicted molar refractivity (Wildman–Crippen MR) is 71.2 cm³/mol. The van der Waals surface area contributed by atoms with Crippen molar-refractivity contribution in [2.45, 2.75) is 46.1 Å². The van der Waals surface area contributed by atoms with Crippen LogP contribution in [0.2, 0.25) is 0 Å². The average Bonchev–Trinajstić information content (AvgIpc) is 2.30. The molecule has 0 unspecified atom stereocenters. The minimum atomic E-state index is -0.133. The van der Waals surface area contributed by atoms with E-state index in [2.05, 4.69) is 29.8 Å². The van der Waals surface area contributed by atoms with Crippen LogP contribution in [-0.4, -0.2) is 31.1 Å². The largest absolute Gasteiger partial charge is 0.355 e. The summed E-state index contributed by atoms with van der Waals surface area (Å²) in [6.45, 7) is 6.84. The lowest BCUT2D eigenvalue weighted by atomic mass is 9.78. The maximum Gasteiger partial charge on any atom is 0.315 e. The summed E-state index contributed by atoms with van der Waals surface area (Å²) in [6.07, 6.45) is 3.50. The molecule has 1 aliphatic rings. The summed E-state index contributed by atoms with van der Waals surface area (Å²) in [5.74, 6) is 1.12. The third-order valence-electron chi connectivity index (χ3n) is 3.81. The molecule has 0 aromatic rings. The van der Waals surface area contributed by atoms with Gasteiger partial charge in [0.1, 0.15) is 0 Å². The fourth-order valence-corrected chi connectivity index (χ4v) is 2.42. The fraction of sp³-hybridized carbons (Fsp3) is 0.846. The number of urea groups is 1. The van der Waals surface area contributed by atoms with Gasteiger partial charge >= 0.3 is 6.03 Å². The third kappa shape index (κ3) is 4.94. The van der Waals surface area contributed by atoms with E-state index in [-0.39, 0.29) is 18.0 Å². The first-order chi connectivity index (χ1) is 8.50. The van der Waals surface area contributed by atoms with Crippen LogP contribution in [0.1, 0.15) is 40.0 Å². The first kappa shape index (κ1) is 14.8. The van der Waals surface area contributed by atoms with Gasteiger partial charge < -0.3 is 16.0 Å². The van der Waals surface area contributed by atoms with E-state index in [9.17, 15) is 9.59 Å². The molecule has 0 heterocycles. The van der Waals surface area contributed by atoms with Gasteiger partial charge in [0.25, 0.3) is 0 Å². The summed E-state index contributed by atoms with van der Waals surface area (Å²) in [5, 5.41) is 8.42. The molecule has 1 saturated carbocycles. The van der Waals surface area contributed by atoms with Gasteiger partial charge in [-0.2, -0.15) is 0 Å². The van der Waals surface area contributed by atoms with E-state index in [1.807, 2.05) is 0 Å². The van der Waals surface area contributed by atoms with Crippen molar-refractivity contribution >= 4 is 11.9 Å². The molecule has 0 saturated heterocycles. The second kappa shape index (κ2) is 7.24. The van der Waals surface area contributed by atoms with Crippen molar-refractivity contribution in [3.8, 4) is 0 Å². The van der Waals surface area contributed by atoms with Gasteiger partial charge in [-0.1, -0.05) is 26.7 Å². The van der Waals surface area contributed by atoms with Crippen molar-refractivity contribution in [1.82, 2.24) is 16.0 Å². The van der Waals surface area contributed by atoms with E-state index in [4.69, 9.17) is 0 Å². The SMILES string of the molecule is CC(=O)NCCNC(=O)N[C@@H]1CCC[C@@H](C)[C@H]1C. The minimum absolute atomic E-state index is 0.0769. The van der Waals surface area contributed by atoms with Crippen LogP contribution >= 0.6 is 0 Å². The number of rotatable bonds is 4. The molecule has 0 spiro atoms. The molecule has 3 atom stereocenters. The van der Waals surface area contributed by atoms with Gasteiger partial charge in [-0.05, 0) is 18.3 Å². The second-order valence-electron chi connectivity index (χ2n) is 5.26. The van der Waals surface area contributed by atoms with Crippen LogP contribution < -0.4 is 16.0 Å². The van der Waals surface area contributed by atoms with E-state index in [1.165, 1.54) is 19.8 Å². The highest BCUT2D eigenvalue weighted by atomic mass is 16.2. The third-order valence-corrected chi connectivity index (χ3v) is 3.81. The quantitative estimate of drug-likeness (QED) is 0.662. The van der Waals surface area contributed by atoms with Crippen molar-refractivity contribution in [3.63, 3.8) is 0 Å². The topological polar surface area (TPSA) is 70.2 Å². The van der Waals surface area contributed by atoms with Gasteiger partial charge in [0.05, 0.1) is 0 Å². The van der Waals surface area contributed by atoms with Crippen LogP contribution in [0.3, 0.4) is 0 Å². The normalized spacial score (nSPS) is 27.4. The Kier molecular flexibility index (Phi) is 5.95. The lowest BCUT2D eigenvalue weighted by molar-refractivity contribution is -0.118. The summed E-state index contributed by atoms with van der Waals surface area (Å²) in [7, 11) is 0. The minimum Gasteiger partial charge on any atom is -0.355 e. The zero-order valence-electron chi connectivity index (χ0n) is 11.6. The molecular formula is C13H25N3O2. The molecule has 5 nitrogen and oxygen atoms in total. The molecule has 0 aliphatic heterocycles. The Labute approximate surface area is 109 Å². The Bertz CT molecular complexity index is 294. The van der Waals surface area contributed by atoms with Gasteiger partial charge in [0.2, 0.25) is 5.91 Å². The summed E-state index contributed by atoms with van der Waals surface area (Å²) >= 11 is 0. The molecule has 0 bridgehead atoms. The molecule has 3 N–H and O–H groups in total. The highest BCUT2D eigenvalue weighted by molar-refractivity contribution is 5.74. The first-order valence-electron chi connectivity index (χ1n) is 6.79. The van der Waals surface area contributed by atoms with E-state index < -0.39 is 0 Å². The van der Waals surface area contributed by atoms with Crippen LogP contribution in [0.25, 0.3) is 0 Å². The van der Waals surface area contributed by atoms with Crippen molar-refractivity contribution in [2.24, 2.45) is 11.8 Å². The van der Waals surface area contributed by atoms with E-state index in [1.54, 1.807) is 0 Å². The Morgan fingerprint density at radius 1 is 1.11 bits per heavy atom. The smallest absolute Gasteiger partial charge is 0.315 e. The standard InChI is InChI=1S/C13H25N3O2/c1-9-5-4-6-12(10(9)2)16-13(18)15-8-7-14-11(3)17/h9-10,12H,4-8H2,1-3H3,(H,14,17)(H2,15,16,18)/t9-,10-,12-/m1/s1. The highest BCUT2D eigenvalue weighted by Gasteiger charge is 2.27. The summed E-state index contributed by atoms with van der Waals surface area (Å²) in [4.78, 5) is 22.3. The van der Waals surface area contributed by atoms with Gasteiger partial charge in [-0.3, -0.25) is 4.79 Å². The molecule has 0 radical (unpaired) electrons. The molecular weight excluding hydrogens is 230 g/mol. The fourth-order valence-electron chi connectivity index (χ4n) is 2.42. The number of hydrogen-bond acceptors (Lipinski definition) is 2. The Hall–Kier alpha value is -1.26. The van der Waals surface area contributed by atoms with Crippen LogP contribution in [0.4, 0.5) is 4.79 Å². The van der Waals surface area contributed by atoms with Gasteiger partial charge in [0, 0.05) is 26.1 Å². The molecule has 18 heavy (non-hydrogen) atoms. The molecule has 3 amide bonds. The maximum atomic E-state index is 11.7. The molecule has 0 aromatic heterocycles. The highest BCUT2D eigenvalue weighted by Crippen LogP contribution is 2.29. The van der Waals surface area contributed by atoms with Gasteiger partial charge in [-0.15, -0.1) is 0 Å². The number of carbonyl (C=O) groups excluding carboxylic acids is 2. The molecule has 1 fully saturated rings. The molecule has 104 valence electrons. The Morgan fingerprint density at radius 2 is 1.78 bits per heavy atom. The van der Waals surface area contributed by atoms with E-state index in [0.29, 0.717) is 24.9 Å². The van der Waals surface area contributed by atoms with Crippen molar-refractivity contribution < 1.29 is 9.59 Å². The molecule has 1 aliphatic carbocycles. The Morgan fingerprint density at radius 3 is 2.44 bits per heavy atom. The monoisotopic (exact) mass is 255 g/mol. The lowest BCUT2D eigenvalue weighted by Crippen LogP contribution is -2.49. The van der Waals surface area contributed by atoms with Crippen molar-refractivity contribution in [3.05, 3.63) is 0 Å². The summed E-state index contributed by atoms with van der Waals surface area (Å²) in [5.41, 5.74) is 0. The number of carbonyl (C=O) groups is 2. The average molecular weight is 255 g/mol. The molecule has 0 aromatic carbocycles. The van der Waals surface area contributed by atoms with E-state index >= 15 is 0 Å². The van der Waals surface area contributed by atoms with Crippen LogP contribution in [0.15, 0.2) is 0 Å². The maximum absolute atomic E-state index is 11.7. The van der Waals surface area contributed by atoms with E-state index in [0.717, 1.165) is 6.42 Å². The zero-order valence-corrected chi connectivity index (χ0v) is 11.6. The number of amides is 3. The van der Waals surface area contributed by atoms with Gasteiger partial charge in [0.15, 0.2) is 0 Å². The van der Waals surface area contributed by atoms with Gasteiger partial charge in [-0.25, -0.2) is 4.79 Å². The second-order valence-corrected chi connectivity index (χ2v) is 5.26. The van der Waals surface area contributed by atoms with Crippen LogP contribution in [0, 0.1) is 11.8 Å². The number of hydrogen-bond donors (Lipinski definition) is 3. The zero-order chi connectivity index (χ0) is 13.5. The molecule has 1 rings (SSSR count). The Balaban J connectivity index is 2.20. The summed E-state index contributed by atoms with van der Waals surface area (Å²) in [6, 6.07) is 0.140. The van der Waals surface area contributed by atoms with Crippen LogP contribution in [-0.2, 0) is 4.79 Å².